The molecule has 1 unspecified atom stereocenters. The van der Waals surface area contributed by atoms with E-state index in [1.54, 1.807) is 49.8 Å². The molecule has 0 saturated heterocycles. The van der Waals surface area contributed by atoms with Crippen LogP contribution in [0.3, 0.4) is 0 Å². The summed E-state index contributed by atoms with van der Waals surface area (Å²) in [4.78, 5) is 25.1. The third-order valence-electron chi connectivity index (χ3n) is 6.19. The van der Waals surface area contributed by atoms with E-state index < -0.39 is 47.5 Å². The summed E-state index contributed by atoms with van der Waals surface area (Å²) < 4.78 is 60.4. The van der Waals surface area contributed by atoms with Gasteiger partial charge in [0.25, 0.3) is 7.37 Å². The van der Waals surface area contributed by atoms with Crippen LogP contribution in [0.2, 0.25) is 0 Å². The van der Waals surface area contributed by atoms with Crippen molar-refractivity contribution in [2.45, 2.75) is 6.92 Å². The topological polar surface area (TPSA) is 80.8 Å². The SMILES string of the molecule is Cc1c(F)c(F)c(C(=O)O)c(C2=C3C=CC(=[N+](C)C)C=C3P(=O)(O)c3cc(N(C)C)ccc32)c1F. The highest BCUT2D eigenvalue weighted by atomic mass is 31.2. The molecule has 2 aromatic rings. The summed E-state index contributed by atoms with van der Waals surface area (Å²) >= 11 is 0. The zero-order valence-corrected chi connectivity index (χ0v) is 20.5. The lowest BCUT2D eigenvalue weighted by Gasteiger charge is -2.31. The van der Waals surface area contributed by atoms with Crippen LogP contribution in [-0.4, -0.2) is 54.4 Å². The summed E-state index contributed by atoms with van der Waals surface area (Å²) in [6.07, 6.45) is 4.54. The first-order chi connectivity index (χ1) is 16.3. The molecule has 1 atom stereocenters. The van der Waals surface area contributed by atoms with Gasteiger partial charge in [0, 0.05) is 48.6 Å². The third kappa shape index (κ3) is 3.66. The predicted molar refractivity (Wildman–Crippen MR) is 129 cm³/mol. The Labute approximate surface area is 200 Å². The summed E-state index contributed by atoms with van der Waals surface area (Å²) in [5, 5.41) is 9.63. The van der Waals surface area contributed by atoms with Crippen molar-refractivity contribution in [3.63, 3.8) is 0 Å². The van der Waals surface area contributed by atoms with Crippen LogP contribution in [0.15, 0.2) is 47.3 Å². The average Bonchev–Trinajstić information content (AvgIpc) is 2.80. The van der Waals surface area contributed by atoms with E-state index in [9.17, 15) is 28.1 Å². The lowest BCUT2D eigenvalue weighted by atomic mass is 9.85. The highest BCUT2D eigenvalue weighted by Gasteiger charge is 2.43. The molecule has 182 valence electrons. The van der Waals surface area contributed by atoms with Gasteiger partial charge >= 0.3 is 5.97 Å². The fraction of sp³-hybridized carbons (Fsp3) is 0.200. The molecule has 10 heteroatoms. The van der Waals surface area contributed by atoms with Gasteiger partial charge in [-0.25, -0.2) is 22.5 Å². The van der Waals surface area contributed by atoms with Gasteiger partial charge < -0.3 is 14.9 Å². The Morgan fingerprint density at radius 2 is 1.71 bits per heavy atom. The summed E-state index contributed by atoms with van der Waals surface area (Å²) in [5.41, 5.74) is -1.35. The molecular formula is C25H23F3N2O4P+. The summed E-state index contributed by atoms with van der Waals surface area (Å²) in [5.74, 6) is -6.41. The Morgan fingerprint density at radius 3 is 2.29 bits per heavy atom. The van der Waals surface area contributed by atoms with Crippen LogP contribution >= 0.6 is 7.37 Å². The smallest absolute Gasteiger partial charge is 0.339 e. The van der Waals surface area contributed by atoms with Crippen molar-refractivity contribution in [1.82, 2.24) is 0 Å². The molecule has 2 N–H and O–H groups in total. The molecule has 1 aliphatic carbocycles. The molecule has 0 fully saturated rings. The molecule has 0 amide bonds. The Morgan fingerprint density at radius 1 is 1.06 bits per heavy atom. The number of nitrogens with zero attached hydrogens (tertiary/aromatic N) is 2. The zero-order valence-electron chi connectivity index (χ0n) is 19.7. The molecule has 0 aromatic heterocycles. The van der Waals surface area contributed by atoms with E-state index in [0.717, 1.165) is 6.92 Å². The highest BCUT2D eigenvalue weighted by Crippen LogP contribution is 2.60. The first-order valence-electron chi connectivity index (χ1n) is 10.5. The van der Waals surface area contributed by atoms with Crippen molar-refractivity contribution in [3.05, 3.63) is 87.0 Å². The number of carboxylic acids is 1. The van der Waals surface area contributed by atoms with Crippen molar-refractivity contribution in [2.24, 2.45) is 0 Å². The van der Waals surface area contributed by atoms with Crippen LogP contribution in [0.1, 0.15) is 27.0 Å². The highest BCUT2D eigenvalue weighted by molar-refractivity contribution is 7.71. The molecule has 0 radical (unpaired) electrons. The molecular weight excluding hydrogens is 480 g/mol. The van der Waals surface area contributed by atoms with Crippen molar-refractivity contribution < 1.29 is 37.1 Å². The molecule has 6 nitrogen and oxygen atoms in total. The van der Waals surface area contributed by atoms with E-state index >= 15 is 4.39 Å². The van der Waals surface area contributed by atoms with E-state index in [0.29, 0.717) is 11.4 Å². The minimum absolute atomic E-state index is 0.0553. The quantitative estimate of drug-likeness (QED) is 0.375. The Kier molecular flexibility index (Phi) is 5.90. The first-order valence-corrected chi connectivity index (χ1v) is 12.2. The Balaban J connectivity index is 2.25. The van der Waals surface area contributed by atoms with Gasteiger partial charge in [-0.1, -0.05) is 6.07 Å². The number of anilines is 1. The number of hydrogen-bond acceptors (Lipinski definition) is 3. The molecule has 0 bridgehead atoms. The zero-order chi connectivity index (χ0) is 26.0. The minimum Gasteiger partial charge on any atom is -0.478 e. The minimum atomic E-state index is -4.26. The van der Waals surface area contributed by atoms with Gasteiger partial charge in [0.05, 0.1) is 10.6 Å². The number of carboxylic acid groups (broad SMARTS) is 1. The number of carbonyl (C=O) groups is 1. The number of rotatable bonds is 3. The maximum atomic E-state index is 15.6. The van der Waals surface area contributed by atoms with Crippen molar-refractivity contribution in [3.8, 4) is 0 Å². The van der Waals surface area contributed by atoms with Crippen LogP contribution in [0.25, 0.3) is 5.57 Å². The van der Waals surface area contributed by atoms with E-state index in [1.165, 1.54) is 24.3 Å². The molecule has 1 aliphatic heterocycles. The number of fused-ring (bicyclic) bond motifs is 2. The molecule has 1 heterocycles. The number of benzene rings is 2. The average molecular weight is 503 g/mol. The van der Waals surface area contributed by atoms with Crippen LogP contribution in [0.5, 0.6) is 0 Å². The first kappa shape index (κ1) is 24.7. The maximum absolute atomic E-state index is 15.6. The number of aromatic carboxylic acids is 1. The van der Waals surface area contributed by atoms with Gasteiger partial charge in [-0.05, 0) is 36.3 Å². The second-order valence-electron chi connectivity index (χ2n) is 8.76. The number of hydrogen-bond donors (Lipinski definition) is 2. The van der Waals surface area contributed by atoms with E-state index in [1.807, 2.05) is 0 Å². The van der Waals surface area contributed by atoms with E-state index in [2.05, 4.69) is 0 Å². The fourth-order valence-electron chi connectivity index (χ4n) is 4.28. The Bertz CT molecular complexity index is 1500. The van der Waals surface area contributed by atoms with Gasteiger partial charge in [-0.3, -0.25) is 4.57 Å². The van der Waals surface area contributed by atoms with Gasteiger partial charge in [-0.2, -0.15) is 0 Å². The van der Waals surface area contributed by atoms with Crippen LogP contribution < -0.4 is 10.2 Å². The standard InChI is InChI=1S/C25H22F3N2O4P/c1-12-22(26)20(21(25(31)32)24(28)23(12)27)19-15-8-6-13(29(2)3)10-17(15)35(33,34)18-11-14(30(4)5)7-9-16(18)19/h6-11H,1-5H3,(H-,31,32,33,34)/p+1. The van der Waals surface area contributed by atoms with Crippen LogP contribution in [0, 0.1) is 24.4 Å². The van der Waals surface area contributed by atoms with Gasteiger partial charge in [-0.15, -0.1) is 0 Å². The monoisotopic (exact) mass is 503 g/mol. The van der Waals surface area contributed by atoms with Gasteiger partial charge in [0.15, 0.2) is 17.3 Å². The van der Waals surface area contributed by atoms with Gasteiger partial charge in [0.1, 0.15) is 25.5 Å². The Hall–Kier alpha value is -3.42. The molecule has 2 aliphatic rings. The number of allylic oxidation sites excluding steroid dienone is 5. The lowest BCUT2D eigenvalue weighted by Crippen LogP contribution is -2.25. The molecule has 4 rings (SSSR count). The van der Waals surface area contributed by atoms with Gasteiger partial charge in [0.2, 0.25) is 0 Å². The normalized spacial score (nSPS) is 18.8. The third-order valence-corrected chi connectivity index (χ3v) is 8.24. The largest absolute Gasteiger partial charge is 0.478 e. The van der Waals surface area contributed by atoms with Crippen molar-refractivity contribution in [1.29, 1.82) is 0 Å². The molecule has 0 spiro atoms. The predicted octanol–water partition coefficient (Wildman–Crippen LogP) is 4.05. The second-order valence-corrected chi connectivity index (χ2v) is 10.9. The number of halogens is 3. The lowest BCUT2D eigenvalue weighted by molar-refractivity contribution is -0.462. The van der Waals surface area contributed by atoms with Crippen molar-refractivity contribution in [2.75, 3.05) is 33.1 Å². The molecule has 35 heavy (non-hydrogen) atoms. The summed E-state index contributed by atoms with van der Waals surface area (Å²) in [6.45, 7) is 1.01. The summed E-state index contributed by atoms with van der Waals surface area (Å²) in [7, 11) is 2.67. The maximum Gasteiger partial charge on any atom is 0.339 e. The molecule has 2 aromatic carbocycles. The van der Waals surface area contributed by atoms with E-state index in [-0.39, 0.29) is 27.3 Å². The van der Waals surface area contributed by atoms with Crippen LogP contribution in [-0.2, 0) is 4.57 Å². The van der Waals surface area contributed by atoms with Crippen molar-refractivity contribution >= 4 is 35.6 Å². The summed E-state index contributed by atoms with van der Waals surface area (Å²) in [6, 6.07) is 4.54. The fourth-order valence-corrected chi connectivity index (χ4v) is 6.18. The van der Waals surface area contributed by atoms with Crippen LogP contribution in [0.4, 0.5) is 18.9 Å². The molecule has 0 saturated carbocycles. The van der Waals surface area contributed by atoms with E-state index in [4.69, 9.17) is 0 Å². The second kappa shape index (κ2) is 8.36.